The lowest BCUT2D eigenvalue weighted by Crippen LogP contribution is -2.27. The van der Waals surface area contributed by atoms with Crippen LogP contribution in [0, 0.1) is 6.92 Å². The van der Waals surface area contributed by atoms with E-state index in [-0.39, 0.29) is 6.42 Å². The average molecular weight is 180 g/mol. The Kier molecular flexibility index (Phi) is 3.42. The molecule has 0 fully saturated rings. The van der Waals surface area contributed by atoms with Gasteiger partial charge in [-0.05, 0) is 12.5 Å². The summed E-state index contributed by atoms with van der Waals surface area (Å²) in [5.41, 5.74) is 3.92. The Morgan fingerprint density at radius 1 is 1.46 bits per heavy atom. The standard InChI is InChI=1S/C9H12N2O2/c1-7-2-4-8(5-3-7)6-9(12)13-11-10/h2-5,11H,6,10H2,1H3. The van der Waals surface area contributed by atoms with Gasteiger partial charge in [-0.2, -0.15) is 0 Å². The van der Waals surface area contributed by atoms with E-state index < -0.39 is 5.97 Å². The number of nitrogens with one attached hydrogen (secondary N) is 1. The van der Waals surface area contributed by atoms with Crippen molar-refractivity contribution in [2.75, 3.05) is 0 Å². The number of aryl methyl sites for hydroxylation is 1. The minimum atomic E-state index is -0.397. The van der Waals surface area contributed by atoms with Crippen molar-refractivity contribution in [3.8, 4) is 0 Å². The molecule has 4 heteroatoms. The number of carbonyl (C=O) groups excluding carboxylic acids is 1. The lowest BCUT2D eigenvalue weighted by atomic mass is 10.1. The summed E-state index contributed by atoms with van der Waals surface area (Å²) in [5.74, 6) is 4.42. The molecule has 0 unspecified atom stereocenters. The van der Waals surface area contributed by atoms with Gasteiger partial charge in [-0.15, -0.1) is 0 Å². The molecule has 4 nitrogen and oxygen atoms in total. The van der Waals surface area contributed by atoms with Crippen LogP contribution in [0.5, 0.6) is 0 Å². The number of hydrazine groups is 1. The van der Waals surface area contributed by atoms with Crippen LogP contribution in [0.1, 0.15) is 11.1 Å². The van der Waals surface area contributed by atoms with E-state index >= 15 is 0 Å². The predicted molar refractivity (Wildman–Crippen MR) is 48.3 cm³/mol. The molecule has 0 bridgehead atoms. The molecule has 1 aromatic rings. The van der Waals surface area contributed by atoms with Gasteiger partial charge in [0.25, 0.3) is 0 Å². The summed E-state index contributed by atoms with van der Waals surface area (Å²) >= 11 is 0. The molecule has 1 aromatic carbocycles. The Balaban J connectivity index is 2.54. The molecule has 0 aliphatic heterocycles. The maximum Gasteiger partial charge on any atom is 0.330 e. The van der Waals surface area contributed by atoms with E-state index in [1.54, 1.807) is 0 Å². The lowest BCUT2D eigenvalue weighted by molar-refractivity contribution is -0.150. The third-order valence-electron chi connectivity index (χ3n) is 1.64. The number of nitrogens with two attached hydrogens (primary N) is 1. The van der Waals surface area contributed by atoms with Crippen molar-refractivity contribution in [1.29, 1.82) is 0 Å². The minimum absolute atomic E-state index is 0.227. The van der Waals surface area contributed by atoms with Crippen molar-refractivity contribution in [2.24, 2.45) is 5.84 Å². The Morgan fingerprint density at radius 2 is 2.08 bits per heavy atom. The fourth-order valence-corrected chi connectivity index (χ4v) is 0.974. The quantitative estimate of drug-likeness (QED) is 0.524. The molecule has 3 N–H and O–H groups in total. The number of hydrogen-bond acceptors (Lipinski definition) is 4. The van der Waals surface area contributed by atoms with Crippen molar-refractivity contribution < 1.29 is 9.63 Å². The topological polar surface area (TPSA) is 64.3 Å². The number of hydrogen-bond donors (Lipinski definition) is 2. The molecule has 0 aliphatic rings. The van der Waals surface area contributed by atoms with E-state index in [0.717, 1.165) is 11.1 Å². The Morgan fingerprint density at radius 3 is 2.62 bits per heavy atom. The summed E-state index contributed by atoms with van der Waals surface area (Å²) in [6.07, 6.45) is 0.227. The first-order valence-corrected chi connectivity index (χ1v) is 3.93. The van der Waals surface area contributed by atoms with E-state index in [1.165, 1.54) is 0 Å². The second-order valence-corrected chi connectivity index (χ2v) is 2.75. The Labute approximate surface area is 76.6 Å². The van der Waals surface area contributed by atoms with Crippen LogP contribution in [0.3, 0.4) is 0 Å². The van der Waals surface area contributed by atoms with E-state index in [9.17, 15) is 4.79 Å². The van der Waals surface area contributed by atoms with Gasteiger partial charge in [-0.3, -0.25) is 0 Å². The molecular weight excluding hydrogens is 168 g/mol. The molecule has 70 valence electrons. The van der Waals surface area contributed by atoms with Gasteiger partial charge in [-0.1, -0.05) is 35.4 Å². The molecule has 0 radical (unpaired) electrons. The summed E-state index contributed by atoms with van der Waals surface area (Å²) < 4.78 is 0. The third-order valence-corrected chi connectivity index (χ3v) is 1.64. The van der Waals surface area contributed by atoms with Crippen LogP contribution < -0.4 is 11.4 Å². The van der Waals surface area contributed by atoms with Crippen LogP contribution in [0.25, 0.3) is 0 Å². The summed E-state index contributed by atoms with van der Waals surface area (Å²) in [6, 6.07) is 7.65. The van der Waals surface area contributed by atoms with Gasteiger partial charge in [0.05, 0.1) is 6.42 Å². The minimum Gasteiger partial charge on any atom is -0.356 e. The van der Waals surface area contributed by atoms with Crippen LogP contribution in [0.2, 0.25) is 0 Å². The molecule has 0 heterocycles. The molecule has 0 saturated carbocycles. The normalized spacial score (nSPS) is 9.69. The Hall–Kier alpha value is -1.39. The first-order valence-electron chi connectivity index (χ1n) is 3.93. The highest BCUT2D eigenvalue weighted by Crippen LogP contribution is 2.03. The second kappa shape index (κ2) is 4.59. The summed E-state index contributed by atoms with van der Waals surface area (Å²) in [4.78, 5) is 15.3. The van der Waals surface area contributed by atoms with Gasteiger partial charge in [0.1, 0.15) is 0 Å². The molecule has 0 amide bonds. The zero-order valence-electron chi connectivity index (χ0n) is 7.41. The molecule has 1 rings (SSSR count). The van der Waals surface area contributed by atoms with Crippen LogP contribution in [0.4, 0.5) is 0 Å². The maximum atomic E-state index is 10.9. The van der Waals surface area contributed by atoms with E-state index in [1.807, 2.05) is 36.8 Å². The van der Waals surface area contributed by atoms with E-state index in [2.05, 4.69) is 4.84 Å². The Bertz CT molecular complexity index is 282. The summed E-state index contributed by atoms with van der Waals surface area (Å²) in [6.45, 7) is 1.99. The number of carbonyl (C=O) groups is 1. The fourth-order valence-electron chi connectivity index (χ4n) is 0.974. The number of benzene rings is 1. The van der Waals surface area contributed by atoms with Crippen LogP contribution >= 0.6 is 0 Å². The highest BCUT2D eigenvalue weighted by Gasteiger charge is 2.03. The van der Waals surface area contributed by atoms with Crippen molar-refractivity contribution in [1.82, 2.24) is 5.59 Å². The van der Waals surface area contributed by atoms with E-state index in [0.29, 0.717) is 0 Å². The lowest BCUT2D eigenvalue weighted by Gasteiger charge is -2.01. The van der Waals surface area contributed by atoms with Crippen molar-refractivity contribution in [3.63, 3.8) is 0 Å². The first kappa shape index (κ1) is 9.70. The molecule has 0 spiro atoms. The molecule has 13 heavy (non-hydrogen) atoms. The van der Waals surface area contributed by atoms with Crippen LogP contribution in [-0.2, 0) is 16.1 Å². The largest absolute Gasteiger partial charge is 0.356 e. The monoisotopic (exact) mass is 180 g/mol. The highest BCUT2D eigenvalue weighted by molar-refractivity contribution is 5.72. The van der Waals surface area contributed by atoms with Crippen molar-refractivity contribution in [3.05, 3.63) is 35.4 Å². The molecule has 0 aromatic heterocycles. The first-order chi connectivity index (χ1) is 6.22. The molecule has 0 atom stereocenters. The van der Waals surface area contributed by atoms with Crippen LogP contribution in [0.15, 0.2) is 24.3 Å². The summed E-state index contributed by atoms with van der Waals surface area (Å²) in [7, 11) is 0. The number of rotatable bonds is 3. The van der Waals surface area contributed by atoms with Crippen LogP contribution in [-0.4, -0.2) is 5.97 Å². The van der Waals surface area contributed by atoms with Gasteiger partial charge in [0.2, 0.25) is 0 Å². The van der Waals surface area contributed by atoms with Gasteiger partial charge >= 0.3 is 5.97 Å². The van der Waals surface area contributed by atoms with Crippen molar-refractivity contribution in [2.45, 2.75) is 13.3 Å². The third kappa shape index (κ3) is 3.23. The van der Waals surface area contributed by atoms with Crippen molar-refractivity contribution >= 4 is 5.97 Å². The molecular formula is C9H12N2O2. The van der Waals surface area contributed by atoms with Gasteiger partial charge in [0, 0.05) is 0 Å². The van der Waals surface area contributed by atoms with E-state index in [4.69, 9.17) is 5.84 Å². The molecule has 0 aliphatic carbocycles. The second-order valence-electron chi connectivity index (χ2n) is 2.75. The zero-order chi connectivity index (χ0) is 9.68. The molecule has 0 saturated heterocycles. The van der Waals surface area contributed by atoms with Gasteiger partial charge in [0.15, 0.2) is 0 Å². The van der Waals surface area contributed by atoms with Gasteiger partial charge < -0.3 is 4.84 Å². The maximum absolute atomic E-state index is 10.9. The zero-order valence-corrected chi connectivity index (χ0v) is 7.41. The predicted octanol–water partition coefficient (Wildman–Crippen LogP) is 0.459. The summed E-state index contributed by atoms with van der Waals surface area (Å²) in [5, 5.41) is 0. The SMILES string of the molecule is Cc1ccc(CC(=O)ONN)cc1. The highest BCUT2D eigenvalue weighted by atomic mass is 16.7. The average Bonchev–Trinajstić information content (AvgIpc) is 2.09. The fraction of sp³-hybridized carbons (Fsp3) is 0.222. The smallest absolute Gasteiger partial charge is 0.330 e. The van der Waals surface area contributed by atoms with Gasteiger partial charge in [-0.25, -0.2) is 10.6 Å².